The number of halogens is 1. The first kappa shape index (κ1) is 11.9. The normalized spacial score (nSPS) is 11.3. The van der Waals surface area contributed by atoms with Crippen molar-refractivity contribution in [1.29, 1.82) is 0 Å². The minimum absolute atomic E-state index is 0.0545. The molecule has 0 atom stereocenters. The molecule has 0 aliphatic heterocycles. The lowest BCUT2D eigenvalue weighted by atomic mass is 10.2. The Kier molecular flexibility index (Phi) is 3.31. The van der Waals surface area contributed by atoms with Crippen LogP contribution in [0.3, 0.4) is 0 Å². The van der Waals surface area contributed by atoms with Crippen molar-refractivity contribution in [2.75, 3.05) is 6.26 Å². The molecule has 0 aliphatic carbocycles. The molecule has 0 spiro atoms. The maximum Gasteiger partial charge on any atom is 0.292 e. The van der Waals surface area contributed by atoms with Gasteiger partial charge in [-0.3, -0.25) is 10.1 Å². The lowest BCUT2D eigenvalue weighted by molar-refractivity contribution is -0.385. The summed E-state index contributed by atoms with van der Waals surface area (Å²) in [5, 5.41) is 10.6. The summed E-state index contributed by atoms with van der Waals surface area (Å²) in [7, 11) is -3.31. The van der Waals surface area contributed by atoms with Gasteiger partial charge in [0.2, 0.25) is 0 Å². The van der Waals surface area contributed by atoms with Gasteiger partial charge < -0.3 is 0 Å². The van der Waals surface area contributed by atoms with E-state index in [1.54, 1.807) is 0 Å². The van der Waals surface area contributed by atoms with E-state index in [2.05, 4.69) is 0 Å². The maximum atomic E-state index is 11.0. The van der Waals surface area contributed by atoms with Crippen molar-refractivity contribution < 1.29 is 13.3 Å². The van der Waals surface area contributed by atoms with Gasteiger partial charge in [-0.05, 0) is 6.07 Å². The average molecular weight is 250 g/mol. The van der Waals surface area contributed by atoms with E-state index in [9.17, 15) is 18.5 Å². The third-order valence-corrected chi connectivity index (χ3v) is 2.81. The third-order valence-electron chi connectivity index (χ3n) is 1.67. The molecule has 0 heterocycles. The average Bonchev–Trinajstić information content (AvgIpc) is 1.99. The quantitative estimate of drug-likeness (QED) is 0.604. The van der Waals surface area contributed by atoms with E-state index in [1.807, 2.05) is 0 Å². The van der Waals surface area contributed by atoms with Crippen molar-refractivity contribution in [1.82, 2.24) is 0 Å². The summed E-state index contributed by atoms with van der Waals surface area (Å²) in [6.07, 6.45) is 1.01. The van der Waals surface area contributed by atoms with E-state index in [1.165, 1.54) is 18.2 Å². The van der Waals surface area contributed by atoms with Crippen molar-refractivity contribution in [3.05, 3.63) is 38.9 Å². The van der Waals surface area contributed by atoms with Crippen molar-refractivity contribution in [2.24, 2.45) is 0 Å². The smallest absolute Gasteiger partial charge is 0.258 e. The monoisotopic (exact) mass is 249 g/mol. The Morgan fingerprint density at radius 1 is 1.47 bits per heavy atom. The van der Waals surface area contributed by atoms with Crippen LogP contribution >= 0.6 is 11.6 Å². The van der Waals surface area contributed by atoms with Crippen molar-refractivity contribution in [2.45, 2.75) is 5.75 Å². The van der Waals surface area contributed by atoms with E-state index >= 15 is 0 Å². The third kappa shape index (κ3) is 3.17. The Morgan fingerprint density at radius 3 is 2.53 bits per heavy atom. The highest BCUT2D eigenvalue weighted by Crippen LogP contribution is 2.29. The van der Waals surface area contributed by atoms with Crippen LogP contribution in [-0.4, -0.2) is 19.6 Å². The predicted molar refractivity (Wildman–Crippen MR) is 56.7 cm³/mol. The van der Waals surface area contributed by atoms with Crippen LogP contribution in [0.15, 0.2) is 18.2 Å². The fourth-order valence-corrected chi connectivity index (χ4v) is 2.22. The zero-order chi connectivity index (χ0) is 11.6. The van der Waals surface area contributed by atoms with Crippen LogP contribution < -0.4 is 0 Å². The lowest BCUT2D eigenvalue weighted by Crippen LogP contribution is -2.04. The molecule has 0 unspecified atom stereocenters. The first-order chi connectivity index (χ1) is 6.81. The summed E-state index contributed by atoms with van der Waals surface area (Å²) >= 11 is 5.62. The summed E-state index contributed by atoms with van der Waals surface area (Å²) in [4.78, 5) is 9.98. The van der Waals surface area contributed by atoms with Crippen molar-refractivity contribution in [3.8, 4) is 0 Å². The molecule has 0 N–H and O–H groups in total. The highest BCUT2D eigenvalue weighted by molar-refractivity contribution is 7.89. The molecular formula is C8H8ClNO4S. The van der Waals surface area contributed by atoms with E-state index in [-0.39, 0.29) is 22.0 Å². The Labute approximate surface area is 91.7 Å². The van der Waals surface area contributed by atoms with E-state index in [4.69, 9.17) is 11.6 Å². The van der Waals surface area contributed by atoms with Crippen LogP contribution in [0.25, 0.3) is 0 Å². The number of hydrogen-bond donors (Lipinski definition) is 0. The second kappa shape index (κ2) is 4.16. The van der Waals surface area contributed by atoms with Crippen LogP contribution in [0.2, 0.25) is 5.02 Å². The number of nitro groups is 1. The van der Waals surface area contributed by atoms with Gasteiger partial charge in [-0.1, -0.05) is 23.7 Å². The van der Waals surface area contributed by atoms with Crippen molar-refractivity contribution in [3.63, 3.8) is 0 Å². The van der Waals surface area contributed by atoms with Gasteiger partial charge in [-0.15, -0.1) is 0 Å². The Balaban J connectivity index is 3.30. The second-order valence-corrected chi connectivity index (χ2v) is 5.62. The SMILES string of the molecule is CS(=O)(=O)Cc1cccc(Cl)c1[N+](=O)[O-]. The zero-order valence-corrected chi connectivity index (χ0v) is 9.38. The topological polar surface area (TPSA) is 77.3 Å². The largest absolute Gasteiger partial charge is 0.292 e. The number of hydrogen-bond acceptors (Lipinski definition) is 4. The first-order valence-corrected chi connectivity index (χ1v) is 6.34. The van der Waals surface area contributed by atoms with Gasteiger partial charge in [-0.2, -0.15) is 0 Å². The summed E-state index contributed by atoms with van der Waals surface area (Å²) in [5.41, 5.74) is -0.236. The highest BCUT2D eigenvalue weighted by atomic mass is 35.5. The molecule has 0 aromatic heterocycles. The summed E-state index contributed by atoms with van der Waals surface area (Å²) in [6.45, 7) is 0. The van der Waals surface area contributed by atoms with E-state index in [0.29, 0.717) is 0 Å². The van der Waals surface area contributed by atoms with Gasteiger partial charge in [0, 0.05) is 11.8 Å². The second-order valence-electron chi connectivity index (χ2n) is 3.07. The first-order valence-electron chi connectivity index (χ1n) is 3.91. The maximum absolute atomic E-state index is 11.0. The van der Waals surface area contributed by atoms with E-state index < -0.39 is 14.8 Å². The van der Waals surface area contributed by atoms with Gasteiger partial charge in [0.05, 0.1) is 10.7 Å². The molecule has 0 radical (unpaired) electrons. The molecule has 0 saturated carbocycles. The number of sulfone groups is 1. The van der Waals surface area contributed by atoms with Gasteiger partial charge in [0.1, 0.15) is 5.02 Å². The zero-order valence-electron chi connectivity index (χ0n) is 7.81. The molecule has 7 heteroatoms. The molecule has 0 amide bonds. The number of nitro benzene ring substituents is 1. The minimum atomic E-state index is -3.31. The number of para-hydroxylation sites is 1. The molecule has 1 aromatic rings. The molecule has 1 rings (SSSR count). The summed E-state index contributed by atoms with van der Waals surface area (Å²) in [5.74, 6) is -0.385. The molecule has 15 heavy (non-hydrogen) atoms. The number of benzene rings is 1. The molecule has 0 aliphatic rings. The number of nitrogens with zero attached hydrogens (tertiary/aromatic N) is 1. The molecule has 0 fully saturated rings. The van der Waals surface area contributed by atoms with Crippen molar-refractivity contribution >= 4 is 27.1 Å². The Hall–Kier alpha value is -1.14. The lowest BCUT2D eigenvalue weighted by Gasteiger charge is -2.02. The van der Waals surface area contributed by atoms with Crippen LogP contribution in [0.5, 0.6) is 0 Å². The van der Waals surface area contributed by atoms with Crippen LogP contribution in [0.1, 0.15) is 5.56 Å². The van der Waals surface area contributed by atoms with Gasteiger partial charge in [0.25, 0.3) is 5.69 Å². The predicted octanol–water partition coefficient (Wildman–Crippen LogP) is 1.79. The Bertz CT molecular complexity index is 497. The molecule has 0 saturated heterocycles. The standard InChI is InChI=1S/C8H8ClNO4S/c1-15(13,14)5-6-3-2-4-7(9)8(6)10(11)12/h2-4H,5H2,1H3. The molecule has 5 nitrogen and oxygen atoms in total. The fourth-order valence-electron chi connectivity index (χ4n) is 1.16. The van der Waals surface area contributed by atoms with Gasteiger partial charge in [-0.25, -0.2) is 8.42 Å². The summed E-state index contributed by atoms with van der Waals surface area (Å²) < 4.78 is 22.0. The van der Waals surface area contributed by atoms with Crippen LogP contribution in [-0.2, 0) is 15.6 Å². The van der Waals surface area contributed by atoms with Gasteiger partial charge in [0.15, 0.2) is 9.84 Å². The fraction of sp³-hybridized carbons (Fsp3) is 0.250. The summed E-state index contributed by atoms with van der Waals surface area (Å²) in [6, 6.07) is 4.21. The minimum Gasteiger partial charge on any atom is -0.258 e. The van der Waals surface area contributed by atoms with Gasteiger partial charge >= 0.3 is 0 Å². The molecule has 82 valence electrons. The molecule has 1 aromatic carbocycles. The van der Waals surface area contributed by atoms with Crippen LogP contribution in [0, 0.1) is 10.1 Å². The highest BCUT2D eigenvalue weighted by Gasteiger charge is 2.20. The molecule has 0 bridgehead atoms. The van der Waals surface area contributed by atoms with E-state index in [0.717, 1.165) is 6.26 Å². The van der Waals surface area contributed by atoms with Crippen LogP contribution in [0.4, 0.5) is 5.69 Å². The number of rotatable bonds is 3. The molecular weight excluding hydrogens is 242 g/mol. The Morgan fingerprint density at radius 2 is 2.07 bits per heavy atom.